The van der Waals surface area contributed by atoms with Gasteiger partial charge in [0, 0.05) is 44.0 Å². The summed E-state index contributed by atoms with van der Waals surface area (Å²) < 4.78 is 0. The maximum absolute atomic E-state index is 13.5. The monoisotopic (exact) mass is 429 g/mol. The second-order valence-electron chi connectivity index (χ2n) is 8.58. The predicted molar refractivity (Wildman–Crippen MR) is 122 cm³/mol. The maximum atomic E-state index is 13.5. The highest BCUT2D eigenvalue weighted by Gasteiger charge is 2.57. The van der Waals surface area contributed by atoms with Crippen LogP contribution >= 0.6 is 0 Å². The summed E-state index contributed by atoms with van der Waals surface area (Å²) in [7, 11) is 0. The molecule has 3 amide bonds. The number of amides is 3. The lowest BCUT2D eigenvalue weighted by molar-refractivity contribution is -0.136. The van der Waals surface area contributed by atoms with Crippen LogP contribution in [-0.4, -0.2) is 61.8 Å². The van der Waals surface area contributed by atoms with Gasteiger partial charge >= 0.3 is 6.03 Å². The summed E-state index contributed by atoms with van der Waals surface area (Å²) in [4.78, 5) is 40.8. The van der Waals surface area contributed by atoms with Crippen molar-refractivity contribution in [2.45, 2.75) is 38.4 Å². The predicted octanol–water partition coefficient (Wildman–Crippen LogP) is 3.45. The number of piperidine rings is 1. The van der Waals surface area contributed by atoms with Crippen molar-refractivity contribution in [3.63, 3.8) is 0 Å². The van der Waals surface area contributed by atoms with Gasteiger partial charge in [-0.3, -0.25) is 24.6 Å². The van der Waals surface area contributed by atoms with Gasteiger partial charge in [0.25, 0.3) is 5.91 Å². The Morgan fingerprint density at radius 2 is 1.75 bits per heavy atom. The number of nitrogens with zero attached hydrogens (tertiary/aromatic N) is 5. The SMILES string of the molecule is CCN1C(=O)N(Cc2ccccn2)C(=O)C12CCN(Cc1ccc3ncccc3c1)CC2. The lowest BCUT2D eigenvalue weighted by atomic mass is 9.85. The maximum Gasteiger partial charge on any atom is 0.328 e. The number of pyridine rings is 2. The number of carbonyl (C=O) groups excluding carboxylic acids is 2. The van der Waals surface area contributed by atoms with E-state index in [0.717, 1.165) is 36.2 Å². The zero-order valence-electron chi connectivity index (χ0n) is 18.3. The number of hydrogen-bond donors (Lipinski definition) is 0. The number of urea groups is 1. The molecule has 2 aliphatic rings. The zero-order chi connectivity index (χ0) is 22.1. The van der Waals surface area contributed by atoms with Gasteiger partial charge in [0.05, 0.1) is 17.8 Å². The standard InChI is InChI=1S/C25H27N5O2/c1-2-30-24(32)29(18-21-7-3-4-12-26-21)23(31)25(30)10-14-28(15-11-25)17-19-8-9-22-20(16-19)6-5-13-27-22/h3-9,12-13,16H,2,10-11,14-15,17-18H2,1H3. The number of likely N-dealkylation sites (N-methyl/N-ethyl adjacent to an activating group) is 1. The molecule has 0 N–H and O–H groups in total. The molecule has 0 aliphatic carbocycles. The van der Waals surface area contributed by atoms with E-state index >= 15 is 0 Å². The average molecular weight is 430 g/mol. The quantitative estimate of drug-likeness (QED) is 0.581. The normalized spacial score (nSPS) is 18.8. The minimum Gasteiger partial charge on any atom is -0.310 e. The molecule has 4 heterocycles. The van der Waals surface area contributed by atoms with Gasteiger partial charge in [0.15, 0.2) is 0 Å². The van der Waals surface area contributed by atoms with Crippen LogP contribution in [0.5, 0.6) is 0 Å². The molecule has 0 radical (unpaired) electrons. The highest BCUT2D eigenvalue weighted by atomic mass is 16.2. The molecule has 32 heavy (non-hydrogen) atoms. The van der Waals surface area contributed by atoms with E-state index in [2.05, 4.69) is 39.1 Å². The fourth-order valence-corrected chi connectivity index (χ4v) is 5.06. The van der Waals surface area contributed by atoms with Crippen LogP contribution in [0, 0.1) is 0 Å². The van der Waals surface area contributed by atoms with Crippen LogP contribution in [0.25, 0.3) is 10.9 Å². The summed E-state index contributed by atoms with van der Waals surface area (Å²) in [5.74, 6) is -0.0774. The van der Waals surface area contributed by atoms with Crippen molar-refractivity contribution < 1.29 is 9.59 Å². The third kappa shape index (κ3) is 3.52. The van der Waals surface area contributed by atoms with Crippen molar-refractivity contribution in [2.24, 2.45) is 0 Å². The molecule has 2 saturated heterocycles. The van der Waals surface area contributed by atoms with E-state index in [4.69, 9.17) is 0 Å². The number of likely N-dealkylation sites (tertiary alicyclic amines) is 1. The van der Waals surface area contributed by atoms with Crippen LogP contribution in [0.3, 0.4) is 0 Å². The Labute approximate surface area is 187 Å². The summed E-state index contributed by atoms with van der Waals surface area (Å²) in [5.41, 5.74) is 2.23. The second-order valence-corrected chi connectivity index (χ2v) is 8.58. The molecule has 0 saturated carbocycles. The highest BCUT2D eigenvalue weighted by molar-refractivity contribution is 6.07. The molecule has 0 unspecified atom stereocenters. The molecule has 164 valence electrons. The fourth-order valence-electron chi connectivity index (χ4n) is 5.06. The Bertz CT molecular complexity index is 1140. The molecule has 2 aromatic heterocycles. The minimum absolute atomic E-state index is 0.0774. The van der Waals surface area contributed by atoms with Crippen molar-refractivity contribution >= 4 is 22.8 Å². The molecule has 7 nitrogen and oxygen atoms in total. The Balaban J connectivity index is 1.30. The number of fused-ring (bicyclic) bond motifs is 1. The van der Waals surface area contributed by atoms with Gasteiger partial charge in [-0.1, -0.05) is 18.2 Å². The summed E-state index contributed by atoms with van der Waals surface area (Å²) >= 11 is 0. The third-order valence-electron chi connectivity index (χ3n) is 6.74. The van der Waals surface area contributed by atoms with E-state index in [-0.39, 0.29) is 18.5 Å². The zero-order valence-corrected chi connectivity index (χ0v) is 18.3. The summed E-state index contributed by atoms with van der Waals surface area (Å²) in [6.07, 6.45) is 4.80. The van der Waals surface area contributed by atoms with Crippen molar-refractivity contribution in [3.05, 3.63) is 72.2 Å². The van der Waals surface area contributed by atoms with Crippen LogP contribution in [0.1, 0.15) is 31.0 Å². The Morgan fingerprint density at radius 1 is 0.938 bits per heavy atom. The number of hydrogen-bond acceptors (Lipinski definition) is 5. The van der Waals surface area contributed by atoms with Crippen LogP contribution in [0.4, 0.5) is 4.79 Å². The van der Waals surface area contributed by atoms with Crippen LogP contribution in [0.15, 0.2) is 60.9 Å². The largest absolute Gasteiger partial charge is 0.328 e. The van der Waals surface area contributed by atoms with Crippen molar-refractivity contribution in [3.8, 4) is 0 Å². The van der Waals surface area contributed by atoms with Gasteiger partial charge in [0.2, 0.25) is 0 Å². The molecule has 0 atom stereocenters. The first-order valence-corrected chi connectivity index (χ1v) is 11.2. The average Bonchev–Trinajstić information content (AvgIpc) is 3.02. The molecule has 1 aromatic carbocycles. The topological polar surface area (TPSA) is 69.6 Å². The van der Waals surface area contributed by atoms with Crippen LogP contribution < -0.4 is 0 Å². The van der Waals surface area contributed by atoms with E-state index in [1.807, 2.05) is 37.4 Å². The molecular weight excluding hydrogens is 402 g/mol. The van der Waals surface area contributed by atoms with Crippen molar-refractivity contribution in [1.29, 1.82) is 0 Å². The first-order valence-electron chi connectivity index (χ1n) is 11.2. The van der Waals surface area contributed by atoms with Crippen molar-refractivity contribution in [1.82, 2.24) is 24.7 Å². The van der Waals surface area contributed by atoms with E-state index in [1.165, 1.54) is 10.5 Å². The van der Waals surface area contributed by atoms with E-state index in [0.29, 0.717) is 19.4 Å². The van der Waals surface area contributed by atoms with Gasteiger partial charge < -0.3 is 4.90 Å². The van der Waals surface area contributed by atoms with Gasteiger partial charge in [-0.2, -0.15) is 0 Å². The first-order chi connectivity index (χ1) is 15.6. The van der Waals surface area contributed by atoms with Crippen LogP contribution in [-0.2, 0) is 17.9 Å². The van der Waals surface area contributed by atoms with E-state index in [9.17, 15) is 9.59 Å². The van der Waals surface area contributed by atoms with Gasteiger partial charge in [0.1, 0.15) is 5.54 Å². The number of benzene rings is 1. The number of aromatic nitrogens is 2. The second kappa shape index (κ2) is 8.31. The summed E-state index contributed by atoms with van der Waals surface area (Å²) in [6.45, 7) is 5.09. The molecule has 5 rings (SSSR count). The molecule has 3 aromatic rings. The minimum atomic E-state index is -0.732. The number of imide groups is 1. The molecule has 2 aliphatic heterocycles. The number of rotatable bonds is 5. The lowest BCUT2D eigenvalue weighted by Crippen LogP contribution is -2.56. The highest BCUT2D eigenvalue weighted by Crippen LogP contribution is 2.38. The summed E-state index contributed by atoms with van der Waals surface area (Å²) in [5, 5.41) is 1.14. The molecular formula is C25H27N5O2. The van der Waals surface area contributed by atoms with Gasteiger partial charge in [-0.05, 0) is 55.7 Å². The van der Waals surface area contributed by atoms with Crippen LogP contribution in [0.2, 0.25) is 0 Å². The first kappa shape index (κ1) is 20.6. The molecule has 7 heteroatoms. The Morgan fingerprint density at radius 3 is 2.50 bits per heavy atom. The molecule has 2 fully saturated rings. The van der Waals surface area contributed by atoms with Gasteiger partial charge in [-0.15, -0.1) is 0 Å². The number of carbonyl (C=O) groups is 2. The fraction of sp³-hybridized carbons (Fsp3) is 0.360. The molecule has 0 bridgehead atoms. The Hall–Kier alpha value is -3.32. The van der Waals surface area contributed by atoms with E-state index in [1.54, 1.807) is 11.1 Å². The van der Waals surface area contributed by atoms with Crippen molar-refractivity contribution in [2.75, 3.05) is 19.6 Å². The molecule has 1 spiro atoms. The smallest absolute Gasteiger partial charge is 0.310 e. The van der Waals surface area contributed by atoms with Gasteiger partial charge in [-0.25, -0.2) is 4.79 Å². The third-order valence-corrected chi connectivity index (χ3v) is 6.74. The Kier molecular flexibility index (Phi) is 5.35. The van der Waals surface area contributed by atoms with E-state index < -0.39 is 5.54 Å². The lowest BCUT2D eigenvalue weighted by Gasteiger charge is -2.42. The summed E-state index contributed by atoms with van der Waals surface area (Å²) in [6, 6.07) is 15.8.